The van der Waals surface area contributed by atoms with Gasteiger partial charge in [0.25, 0.3) is 5.91 Å². The van der Waals surface area contributed by atoms with Crippen LogP contribution in [0.5, 0.6) is 0 Å². The van der Waals surface area contributed by atoms with Crippen molar-refractivity contribution in [2.75, 3.05) is 10.6 Å². The van der Waals surface area contributed by atoms with E-state index in [2.05, 4.69) is 10.6 Å². The van der Waals surface area contributed by atoms with Gasteiger partial charge in [-0.2, -0.15) is 0 Å². The van der Waals surface area contributed by atoms with Crippen molar-refractivity contribution in [2.45, 2.75) is 19.8 Å². The van der Waals surface area contributed by atoms with Crippen molar-refractivity contribution in [3.8, 4) is 0 Å². The van der Waals surface area contributed by atoms with Gasteiger partial charge in [0.05, 0.1) is 5.02 Å². The molecule has 6 heteroatoms. The average Bonchev–Trinajstić information content (AvgIpc) is 3.42. The van der Waals surface area contributed by atoms with E-state index in [1.165, 1.54) is 0 Å². The van der Waals surface area contributed by atoms with Crippen LogP contribution in [0.2, 0.25) is 5.02 Å². The summed E-state index contributed by atoms with van der Waals surface area (Å²) in [5, 5.41) is 6.96. The smallest absolute Gasteiger partial charge is 0.291 e. The number of carbonyl (C=O) groups excluding carboxylic acids is 2. The summed E-state index contributed by atoms with van der Waals surface area (Å²) in [5.74, 6) is 0.0950. The number of fused-ring (bicyclic) bond motifs is 1. The Hall–Kier alpha value is -2.79. The van der Waals surface area contributed by atoms with Gasteiger partial charge in [-0.15, -0.1) is 0 Å². The summed E-state index contributed by atoms with van der Waals surface area (Å²) in [6, 6.07) is 12.4. The van der Waals surface area contributed by atoms with E-state index in [1.54, 1.807) is 30.3 Å². The first-order valence-corrected chi connectivity index (χ1v) is 8.80. The molecule has 5 nitrogen and oxygen atoms in total. The zero-order valence-electron chi connectivity index (χ0n) is 14.1. The molecule has 1 aliphatic rings. The molecule has 2 amide bonds. The summed E-state index contributed by atoms with van der Waals surface area (Å²) >= 11 is 6.13. The first kappa shape index (κ1) is 16.7. The van der Waals surface area contributed by atoms with Gasteiger partial charge in [-0.3, -0.25) is 9.59 Å². The third kappa shape index (κ3) is 3.18. The van der Waals surface area contributed by atoms with Gasteiger partial charge in [-0.05, 0) is 50.1 Å². The molecule has 4 rings (SSSR count). The van der Waals surface area contributed by atoms with E-state index in [4.69, 9.17) is 16.0 Å². The number of rotatable bonds is 4. The third-order valence-corrected chi connectivity index (χ3v) is 4.78. The van der Waals surface area contributed by atoms with Gasteiger partial charge in [-0.1, -0.05) is 23.7 Å². The van der Waals surface area contributed by atoms with Crippen molar-refractivity contribution >= 4 is 45.8 Å². The van der Waals surface area contributed by atoms with Crippen molar-refractivity contribution in [1.29, 1.82) is 0 Å². The normalized spacial score (nSPS) is 13.6. The molecule has 1 aromatic heterocycles. The van der Waals surface area contributed by atoms with Crippen LogP contribution in [-0.2, 0) is 4.79 Å². The molecule has 0 unspecified atom stereocenters. The minimum atomic E-state index is -0.343. The molecule has 1 heterocycles. The average molecular weight is 369 g/mol. The van der Waals surface area contributed by atoms with Crippen molar-refractivity contribution in [1.82, 2.24) is 0 Å². The summed E-state index contributed by atoms with van der Waals surface area (Å²) < 4.78 is 5.67. The fourth-order valence-corrected chi connectivity index (χ4v) is 3.05. The highest BCUT2D eigenvalue weighted by atomic mass is 35.5. The van der Waals surface area contributed by atoms with Gasteiger partial charge in [0.2, 0.25) is 5.91 Å². The predicted molar refractivity (Wildman–Crippen MR) is 102 cm³/mol. The van der Waals surface area contributed by atoms with Crippen molar-refractivity contribution in [2.24, 2.45) is 5.92 Å². The lowest BCUT2D eigenvalue weighted by molar-refractivity contribution is -0.117. The fraction of sp³-hybridized carbons (Fsp3) is 0.200. The molecule has 0 spiro atoms. The van der Waals surface area contributed by atoms with Crippen LogP contribution in [0.1, 0.15) is 29.0 Å². The largest absolute Gasteiger partial charge is 0.449 e. The highest BCUT2D eigenvalue weighted by molar-refractivity contribution is 6.35. The monoisotopic (exact) mass is 368 g/mol. The lowest BCUT2D eigenvalue weighted by Crippen LogP contribution is -2.14. The SMILES string of the molecule is Cc1c(C(=O)Nc2ccc(NC(=O)C3CC3)cc2)oc2c(Cl)cccc12. The van der Waals surface area contributed by atoms with E-state index in [0.29, 0.717) is 22.0 Å². The Bertz CT molecular complexity index is 1000. The first-order chi connectivity index (χ1) is 12.5. The number of carbonyl (C=O) groups is 2. The summed E-state index contributed by atoms with van der Waals surface area (Å²) in [6.07, 6.45) is 1.92. The number of nitrogens with one attached hydrogen (secondary N) is 2. The second-order valence-corrected chi connectivity index (χ2v) is 6.87. The van der Waals surface area contributed by atoms with Crippen LogP contribution in [0.25, 0.3) is 11.0 Å². The van der Waals surface area contributed by atoms with Crippen LogP contribution in [0.3, 0.4) is 0 Å². The molecular formula is C20H17ClN2O3. The van der Waals surface area contributed by atoms with Crippen LogP contribution < -0.4 is 10.6 Å². The van der Waals surface area contributed by atoms with Gasteiger partial charge in [0.1, 0.15) is 0 Å². The molecule has 26 heavy (non-hydrogen) atoms. The van der Waals surface area contributed by atoms with Gasteiger partial charge in [0, 0.05) is 28.2 Å². The van der Waals surface area contributed by atoms with Gasteiger partial charge < -0.3 is 15.1 Å². The maximum absolute atomic E-state index is 12.6. The van der Waals surface area contributed by atoms with E-state index < -0.39 is 0 Å². The summed E-state index contributed by atoms with van der Waals surface area (Å²) in [6.45, 7) is 1.83. The van der Waals surface area contributed by atoms with E-state index in [-0.39, 0.29) is 23.5 Å². The lowest BCUT2D eigenvalue weighted by Gasteiger charge is -2.07. The number of aryl methyl sites for hydroxylation is 1. The summed E-state index contributed by atoms with van der Waals surface area (Å²) in [4.78, 5) is 24.3. The Kier molecular flexibility index (Phi) is 4.17. The van der Waals surface area contributed by atoms with Crippen molar-refractivity contribution < 1.29 is 14.0 Å². The fourth-order valence-electron chi connectivity index (χ4n) is 2.84. The van der Waals surface area contributed by atoms with E-state index in [0.717, 1.165) is 23.8 Å². The molecule has 0 radical (unpaired) electrons. The minimum Gasteiger partial charge on any atom is -0.449 e. The molecule has 0 aliphatic heterocycles. The third-order valence-electron chi connectivity index (χ3n) is 4.48. The quantitative estimate of drug-likeness (QED) is 0.681. The standard InChI is InChI=1S/C20H17ClN2O3/c1-11-15-3-2-4-16(21)18(15)26-17(11)20(25)23-14-9-7-13(8-10-14)22-19(24)12-5-6-12/h2-4,7-10,12H,5-6H2,1H3,(H,22,24)(H,23,25). The Labute approximate surface area is 155 Å². The topological polar surface area (TPSA) is 71.3 Å². The Morgan fingerprint density at radius 2 is 1.69 bits per heavy atom. The number of halogens is 1. The zero-order valence-corrected chi connectivity index (χ0v) is 14.9. The van der Waals surface area contributed by atoms with Crippen molar-refractivity contribution in [3.63, 3.8) is 0 Å². The predicted octanol–water partition coefficient (Wildman–Crippen LogP) is 5.00. The van der Waals surface area contributed by atoms with Gasteiger partial charge >= 0.3 is 0 Å². The zero-order chi connectivity index (χ0) is 18.3. The Morgan fingerprint density at radius 1 is 1.04 bits per heavy atom. The molecule has 2 aromatic carbocycles. The van der Waals surface area contributed by atoms with E-state index in [9.17, 15) is 9.59 Å². The van der Waals surface area contributed by atoms with E-state index >= 15 is 0 Å². The Balaban J connectivity index is 1.50. The van der Waals surface area contributed by atoms with Gasteiger partial charge in [0.15, 0.2) is 11.3 Å². The molecule has 132 valence electrons. The lowest BCUT2D eigenvalue weighted by atomic mass is 10.1. The minimum absolute atomic E-state index is 0.0524. The van der Waals surface area contributed by atoms with Crippen LogP contribution in [0.15, 0.2) is 46.9 Å². The molecule has 0 atom stereocenters. The number of benzene rings is 2. The maximum atomic E-state index is 12.6. The molecule has 1 aliphatic carbocycles. The number of hydrogen-bond donors (Lipinski definition) is 2. The summed E-state index contributed by atoms with van der Waals surface area (Å²) in [7, 11) is 0. The van der Waals surface area contributed by atoms with Crippen molar-refractivity contribution in [3.05, 3.63) is 58.8 Å². The van der Waals surface area contributed by atoms with Gasteiger partial charge in [-0.25, -0.2) is 0 Å². The molecule has 3 aromatic rings. The highest BCUT2D eigenvalue weighted by Gasteiger charge is 2.29. The van der Waals surface area contributed by atoms with Crippen LogP contribution in [0, 0.1) is 12.8 Å². The maximum Gasteiger partial charge on any atom is 0.291 e. The number of anilines is 2. The number of amides is 2. The van der Waals surface area contributed by atoms with Crippen LogP contribution in [0.4, 0.5) is 11.4 Å². The molecule has 0 saturated heterocycles. The number of furan rings is 1. The second-order valence-electron chi connectivity index (χ2n) is 6.47. The van der Waals surface area contributed by atoms with Crippen LogP contribution in [-0.4, -0.2) is 11.8 Å². The molecular weight excluding hydrogens is 352 g/mol. The second kappa shape index (κ2) is 6.50. The Morgan fingerprint density at radius 3 is 2.31 bits per heavy atom. The first-order valence-electron chi connectivity index (χ1n) is 8.43. The highest BCUT2D eigenvalue weighted by Crippen LogP contribution is 2.32. The van der Waals surface area contributed by atoms with Crippen LogP contribution >= 0.6 is 11.6 Å². The van der Waals surface area contributed by atoms with E-state index in [1.807, 2.05) is 19.1 Å². The molecule has 1 fully saturated rings. The number of hydrogen-bond acceptors (Lipinski definition) is 3. The molecule has 0 bridgehead atoms. The molecule has 2 N–H and O–H groups in total. The number of para-hydroxylation sites is 1. The molecule has 1 saturated carbocycles. The summed E-state index contributed by atoms with van der Waals surface area (Å²) in [5.41, 5.74) is 2.58.